The SMILES string of the molecule is OCc1c(Br)sc2c1CCOC2. The normalized spacial score (nSPS) is 16.2. The van der Waals surface area contributed by atoms with E-state index < -0.39 is 0 Å². The van der Waals surface area contributed by atoms with Crippen LogP contribution in [0.1, 0.15) is 16.0 Å². The molecule has 2 heterocycles. The van der Waals surface area contributed by atoms with Crippen LogP contribution in [0.2, 0.25) is 0 Å². The van der Waals surface area contributed by atoms with Gasteiger partial charge in [-0.25, -0.2) is 0 Å². The lowest BCUT2D eigenvalue weighted by atomic mass is 10.1. The zero-order valence-corrected chi connectivity index (χ0v) is 8.87. The molecule has 0 spiro atoms. The van der Waals surface area contributed by atoms with Crippen molar-refractivity contribution in [1.29, 1.82) is 0 Å². The topological polar surface area (TPSA) is 29.5 Å². The second-order valence-electron chi connectivity index (χ2n) is 2.72. The van der Waals surface area contributed by atoms with Gasteiger partial charge in [-0.15, -0.1) is 11.3 Å². The van der Waals surface area contributed by atoms with Gasteiger partial charge < -0.3 is 9.84 Å². The third kappa shape index (κ3) is 1.33. The molecule has 0 saturated carbocycles. The summed E-state index contributed by atoms with van der Waals surface area (Å²) in [5.41, 5.74) is 2.35. The number of hydrogen-bond acceptors (Lipinski definition) is 3. The molecule has 2 nitrogen and oxygen atoms in total. The molecule has 0 atom stereocenters. The van der Waals surface area contributed by atoms with E-state index in [4.69, 9.17) is 9.84 Å². The maximum Gasteiger partial charge on any atom is 0.0812 e. The van der Waals surface area contributed by atoms with Crippen molar-refractivity contribution < 1.29 is 9.84 Å². The highest BCUT2D eigenvalue weighted by molar-refractivity contribution is 9.11. The zero-order valence-electron chi connectivity index (χ0n) is 6.47. The Kier molecular flexibility index (Phi) is 2.50. The minimum atomic E-state index is 0.131. The molecule has 0 aliphatic carbocycles. The van der Waals surface area contributed by atoms with E-state index in [0.29, 0.717) is 6.61 Å². The number of aliphatic hydroxyl groups excluding tert-OH is 1. The molecule has 1 aliphatic rings. The number of rotatable bonds is 1. The minimum absolute atomic E-state index is 0.131. The molecule has 1 aromatic heterocycles. The molecular weight excluding hydrogens is 240 g/mol. The first-order chi connectivity index (χ1) is 5.83. The van der Waals surface area contributed by atoms with E-state index in [9.17, 15) is 0 Å². The second kappa shape index (κ2) is 3.46. The van der Waals surface area contributed by atoms with E-state index in [1.54, 1.807) is 11.3 Å². The summed E-state index contributed by atoms with van der Waals surface area (Å²) in [6, 6.07) is 0. The van der Waals surface area contributed by atoms with Crippen LogP contribution in [-0.4, -0.2) is 11.7 Å². The highest BCUT2D eigenvalue weighted by Gasteiger charge is 2.18. The predicted molar refractivity (Wildman–Crippen MR) is 51.3 cm³/mol. The Morgan fingerprint density at radius 3 is 3.17 bits per heavy atom. The summed E-state index contributed by atoms with van der Waals surface area (Å²) in [5, 5.41) is 9.10. The summed E-state index contributed by atoms with van der Waals surface area (Å²) in [4.78, 5) is 1.26. The van der Waals surface area contributed by atoms with Crippen LogP contribution in [0.15, 0.2) is 3.79 Å². The van der Waals surface area contributed by atoms with Gasteiger partial charge in [-0.2, -0.15) is 0 Å². The van der Waals surface area contributed by atoms with Crippen LogP contribution >= 0.6 is 27.3 Å². The van der Waals surface area contributed by atoms with Crippen LogP contribution < -0.4 is 0 Å². The molecule has 66 valence electrons. The van der Waals surface area contributed by atoms with Crippen molar-refractivity contribution in [3.8, 4) is 0 Å². The van der Waals surface area contributed by atoms with Gasteiger partial charge in [-0.05, 0) is 27.9 Å². The smallest absolute Gasteiger partial charge is 0.0812 e. The van der Waals surface area contributed by atoms with E-state index in [1.807, 2.05) is 0 Å². The van der Waals surface area contributed by atoms with Crippen molar-refractivity contribution in [2.45, 2.75) is 19.6 Å². The molecule has 0 saturated heterocycles. The molecule has 0 radical (unpaired) electrons. The lowest BCUT2D eigenvalue weighted by molar-refractivity contribution is 0.113. The molecule has 0 unspecified atom stereocenters. The number of ether oxygens (including phenoxy) is 1. The minimum Gasteiger partial charge on any atom is -0.392 e. The number of hydrogen-bond donors (Lipinski definition) is 1. The molecule has 2 rings (SSSR count). The van der Waals surface area contributed by atoms with Gasteiger partial charge in [0.1, 0.15) is 0 Å². The number of thiophene rings is 1. The number of aliphatic hydroxyl groups is 1. The first-order valence-corrected chi connectivity index (χ1v) is 5.41. The lowest BCUT2D eigenvalue weighted by Crippen LogP contribution is -2.08. The molecule has 12 heavy (non-hydrogen) atoms. The van der Waals surface area contributed by atoms with Crippen molar-refractivity contribution in [3.63, 3.8) is 0 Å². The third-order valence-corrected chi connectivity index (χ3v) is 4.04. The fourth-order valence-electron chi connectivity index (χ4n) is 1.42. The quantitative estimate of drug-likeness (QED) is 0.825. The fourth-order valence-corrected chi connectivity index (χ4v) is 3.39. The average Bonchev–Trinajstić information content (AvgIpc) is 2.40. The summed E-state index contributed by atoms with van der Waals surface area (Å²) in [7, 11) is 0. The van der Waals surface area contributed by atoms with Crippen molar-refractivity contribution in [3.05, 3.63) is 19.8 Å². The van der Waals surface area contributed by atoms with Crippen molar-refractivity contribution >= 4 is 27.3 Å². The van der Waals surface area contributed by atoms with Crippen LogP contribution in [0.4, 0.5) is 0 Å². The van der Waals surface area contributed by atoms with Gasteiger partial charge in [0, 0.05) is 10.4 Å². The molecule has 1 N–H and O–H groups in total. The molecule has 0 amide bonds. The van der Waals surface area contributed by atoms with Crippen LogP contribution in [0.5, 0.6) is 0 Å². The lowest BCUT2D eigenvalue weighted by Gasteiger charge is -2.12. The van der Waals surface area contributed by atoms with Gasteiger partial charge in [0.15, 0.2) is 0 Å². The van der Waals surface area contributed by atoms with Crippen LogP contribution in [-0.2, 0) is 24.4 Å². The monoisotopic (exact) mass is 248 g/mol. The van der Waals surface area contributed by atoms with Gasteiger partial charge in [0.05, 0.1) is 23.6 Å². The van der Waals surface area contributed by atoms with E-state index in [1.165, 1.54) is 10.4 Å². The summed E-state index contributed by atoms with van der Waals surface area (Å²) in [6.07, 6.45) is 0.938. The molecule has 1 aliphatic heterocycles. The van der Waals surface area contributed by atoms with E-state index in [2.05, 4.69) is 15.9 Å². The van der Waals surface area contributed by atoms with E-state index in [0.717, 1.165) is 22.4 Å². The Bertz CT molecular complexity index is 295. The third-order valence-electron chi connectivity index (χ3n) is 2.04. The number of fused-ring (bicyclic) bond motifs is 1. The summed E-state index contributed by atoms with van der Waals surface area (Å²) in [6.45, 7) is 1.62. The van der Waals surface area contributed by atoms with Gasteiger partial charge >= 0.3 is 0 Å². The maximum absolute atomic E-state index is 9.10. The van der Waals surface area contributed by atoms with Crippen molar-refractivity contribution in [1.82, 2.24) is 0 Å². The molecule has 0 bridgehead atoms. The highest BCUT2D eigenvalue weighted by atomic mass is 79.9. The standard InChI is InChI=1S/C8H9BrO2S/c9-8-6(3-10)5-1-2-11-4-7(5)12-8/h10H,1-4H2. The van der Waals surface area contributed by atoms with Crippen molar-refractivity contribution in [2.24, 2.45) is 0 Å². The summed E-state index contributed by atoms with van der Waals surface area (Å²) >= 11 is 5.11. The van der Waals surface area contributed by atoms with Crippen LogP contribution in [0.3, 0.4) is 0 Å². The molecular formula is C8H9BrO2S. The zero-order chi connectivity index (χ0) is 8.55. The largest absolute Gasteiger partial charge is 0.392 e. The maximum atomic E-state index is 9.10. The summed E-state index contributed by atoms with van der Waals surface area (Å²) in [5.74, 6) is 0. The fraction of sp³-hybridized carbons (Fsp3) is 0.500. The Hall–Kier alpha value is 0.1000. The van der Waals surface area contributed by atoms with Crippen LogP contribution in [0.25, 0.3) is 0 Å². The predicted octanol–water partition coefficient (Wildman–Crippen LogP) is 2.08. The Balaban J connectivity index is 2.46. The van der Waals surface area contributed by atoms with Crippen molar-refractivity contribution in [2.75, 3.05) is 6.61 Å². The molecule has 0 fully saturated rings. The molecule has 4 heteroatoms. The Morgan fingerprint density at radius 2 is 2.42 bits per heavy atom. The summed E-state index contributed by atoms with van der Waals surface area (Å²) < 4.78 is 6.37. The Morgan fingerprint density at radius 1 is 1.58 bits per heavy atom. The second-order valence-corrected chi connectivity index (χ2v) is 5.14. The number of halogens is 1. The van der Waals surface area contributed by atoms with Gasteiger partial charge in [0.2, 0.25) is 0 Å². The van der Waals surface area contributed by atoms with Gasteiger partial charge in [0.25, 0.3) is 0 Å². The van der Waals surface area contributed by atoms with E-state index in [-0.39, 0.29) is 6.61 Å². The average molecular weight is 249 g/mol. The van der Waals surface area contributed by atoms with Gasteiger partial charge in [-0.3, -0.25) is 0 Å². The molecule has 0 aromatic carbocycles. The molecule has 1 aromatic rings. The van der Waals surface area contributed by atoms with Crippen LogP contribution in [0, 0.1) is 0 Å². The first kappa shape index (κ1) is 8.69. The van der Waals surface area contributed by atoms with Gasteiger partial charge in [-0.1, -0.05) is 0 Å². The Labute approximate surface area is 83.3 Å². The first-order valence-electron chi connectivity index (χ1n) is 3.80. The highest BCUT2D eigenvalue weighted by Crippen LogP contribution is 2.35. The van der Waals surface area contributed by atoms with E-state index >= 15 is 0 Å².